The second-order valence-electron chi connectivity index (χ2n) is 11.4. The Morgan fingerprint density at radius 2 is 1.20 bits per heavy atom. The van der Waals surface area contributed by atoms with E-state index in [2.05, 4.69) is 153 Å². The number of rotatable bonds is 11. The molecule has 0 fully saturated rings. The Balaban J connectivity index is 1.11. The maximum Gasteiger partial charge on any atom is 0.213 e. The van der Waals surface area contributed by atoms with Crippen molar-refractivity contribution >= 4 is 43.1 Å². The molecule has 0 unspecified atom stereocenters. The van der Waals surface area contributed by atoms with Crippen molar-refractivity contribution in [2.45, 2.75) is 52.4 Å². The SMILES string of the molecule is CCCCn1/c(=N\N=c2\sc3ccccc3n2CCC[n+]2ccc(-c3cccc[n+]3Cc3ccccc3)cc2)sc2ccccc21. The summed E-state index contributed by atoms with van der Waals surface area (Å²) in [5, 5.41) is 9.72. The highest BCUT2D eigenvalue weighted by Gasteiger charge is 2.15. The fourth-order valence-corrected chi connectivity index (χ4v) is 7.89. The van der Waals surface area contributed by atoms with Crippen LogP contribution in [0.4, 0.5) is 0 Å². The molecule has 0 aliphatic rings. The van der Waals surface area contributed by atoms with Crippen molar-refractivity contribution in [3.8, 4) is 11.3 Å². The Morgan fingerprint density at radius 3 is 1.85 bits per heavy atom. The van der Waals surface area contributed by atoms with Crippen molar-refractivity contribution in [2.24, 2.45) is 10.2 Å². The van der Waals surface area contributed by atoms with Crippen LogP contribution in [0.2, 0.25) is 0 Å². The lowest BCUT2D eigenvalue weighted by Crippen LogP contribution is -2.37. The molecule has 0 saturated carbocycles. The first kappa shape index (κ1) is 30.0. The molecule has 0 aliphatic heterocycles. The molecule has 7 aromatic rings. The quantitative estimate of drug-likeness (QED) is 0.105. The first-order valence-corrected chi connectivity index (χ1v) is 17.7. The van der Waals surface area contributed by atoms with Crippen molar-refractivity contribution in [3.63, 3.8) is 0 Å². The molecular weight excluding hydrogens is 605 g/mol. The van der Waals surface area contributed by atoms with Gasteiger partial charge in [-0.15, -0.1) is 10.2 Å². The topological polar surface area (TPSA) is 42.3 Å². The molecule has 3 aromatic carbocycles. The number of thiazole rings is 2. The van der Waals surface area contributed by atoms with E-state index in [0.717, 1.165) is 55.0 Å². The van der Waals surface area contributed by atoms with Crippen molar-refractivity contribution in [2.75, 3.05) is 0 Å². The van der Waals surface area contributed by atoms with E-state index in [4.69, 9.17) is 10.2 Å². The highest BCUT2D eigenvalue weighted by molar-refractivity contribution is 7.16. The van der Waals surface area contributed by atoms with E-state index in [1.54, 1.807) is 22.7 Å². The second kappa shape index (κ2) is 14.2. The smallest absolute Gasteiger partial charge is 0.213 e. The summed E-state index contributed by atoms with van der Waals surface area (Å²) in [5.74, 6) is 0. The van der Waals surface area contributed by atoms with Crippen LogP contribution in [-0.4, -0.2) is 9.13 Å². The lowest BCUT2D eigenvalue weighted by molar-refractivity contribution is -0.697. The average Bonchev–Trinajstić information content (AvgIpc) is 3.64. The Hall–Kier alpha value is -4.66. The lowest BCUT2D eigenvalue weighted by Gasteiger charge is -2.05. The van der Waals surface area contributed by atoms with Crippen LogP contribution in [0.5, 0.6) is 0 Å². The molecule has 0 radical (unpaired) electrons. The minimum absolute atomic E-state index is 0.846. The molecule has 0 bridgehead atoms. The number of aryl methyl sites for hydroxylation is 3. The van der Waals surface area contributed by atoms with Crippen LogP contribution >= 0.6 is 22.7 Å². The van der Waals surface area contributed by atoms with E-state index < -0.39 is 0 Å². The first-order valence-electron chi connectivity index (χ1n) is 16.0. The predicted octanol–water partition coefficient (Wildman–Crippen LogP) is 7.32. The lowest BCUT2D eigenvalue weighted by atomic mass is 10.1. The van der Waals surface area contributed by atoms with Gasteiger partial charge in [0.05, 0.1) is 26.0 Å². The number of unbranched alkanes of at least 4 members (excludes halogenated alkanes) is 1. The van der Waals surface area contributed by atoms with Crippen LogP contribution in [0, 0.1) is 0 Å². The molecule has 0 N–H and O–H groups in total. The van der Waals surface area contributed by atoms with E-state index in [0.29, 0.717) is 0 Å². The average molecular weight is 643 g/mol. The number of pyridine rings is 2. The van der Waals surface area contributed by atoms with Gasteiger partial charge in [-0.1, -0.05) is 90.6 Å². The second-order valence-corrected chi connectivity index (χ2v) is 13.5. The summed E-state index contributed by atoms with van der Waals surface area (Å²) in [6, 6.07) is 38.6. The zero-order valence-corrected chi connectivity index (χ0v) is 27.7. The molecule has 6 nitrogen and oxygen atoms in total. The first-order chi connectivity index (χ1) is 22.8. The summed E-state index contributed by atoms with van der Waals surface area (Å²) in [6.07, 6.45) is 9.80. The molecule has 0 atom stereocenters. The molecule has 0 spiro atoms. The number of hydrogen-bond acceptors (Lipinski definition) is 4. The molecule has 0 aliphatic carbocycles. The van der Waals surface area contributed by atoms with Crippen molar-refractivity contribution in [1.82, 2.24) is 9.13 Å². The van der Waals surface area contributed by atoms with Crippen molar-refractivity contribution in [3.05, 3.63) is 143 Å². The summed E-state index contributed by atoms with van der Waals surface area (Å²) in [4.78, 5) is 1.89. The highest BCUT2D eigenvalue weighted by atomic mass is 32.1. The number of benzene rings is 3. The number of hydrogen-bond donors (Lipinski definition) is 0. The van der Waals surface area contributed by atoms with Gasteiger partial charge in [-0.25, -0.2) is 4.57 Å². The van der Waals surface area contributed by atoms with Crippen LogP contribution in [-0.2, 0) is 26.2 Å². The van der Waals surface area contributed by atoms with Crippen LogP contribution in [0.25, 0.3) is 31.7 Å². The van der Waals surface area contributed by atoms with Gasteiger partial charge < -0.3 is 9.13 Å². The van der Waals surface area contributed by atoms with Gasteiger partial charge in [-0.2, -0.15) is 4.57 Å². The Labute approximate surface area is 277 Å². The van der Waals surface area contributed by atoms with E-state index >= 15 is 0 Å². The van der Waals surface area contributed by atoms with Gasteiger partial charge in [0.1, 0.15) is 6.54 Å². The third-order valence-electron chi connectivity index (χ3n) is 8.25. The van der Waals surface area contributed by atoms with Gasteiger partial charge in [0.25, 0.3) is 0 Å². The Bertz CT molecular complexity index is 2200. The zero-order chi connectivity index (χ0) is 31.1. The number of nitrogens with zero attached hydrogens (tertiary/aromatic N) is 6. The molecular formula is C38H38N6S2+2. The van der Waals surface area contributed by atoms with Crippen LogP contribution < -0.4 is 18.7 Å². The maximum absolute atomic E-state index is 4.87. The summed E-state index contributed by atoms with van der Waals surface area (Å²) in [6.45, 7) is 5.81. The molecule has 0 amide bonds. The monoisotopic (exact) mass is 642 g/mol. The summed E-state index contributed by atoms with van der Waals surface area (Å²) < 4.78 is 11.7. The summed E-state index contributed by atoms with van der Waals surface area (Å²) in [7, 11) is 0. The molecule has 7 rings (SSSR count). The molecule has 46 heavy (non-hydrogen) atoms. The van der Waals surface area contributed by atoms with Gasteiger partial charge in [-0.3, -0.25) is 0 Å². The standard InChI is InChI=1S/C38H38N6S2/c1-2-3-25-43-33-17-7-9-19-35(33)45-37(43)39-40-38-44(34-18-8-10-20-36(34)46-38)26-13-23-41-27-21-31(22-28-41)32-16-11-12-24-42(32)29-30-14-5-4-6-15-30/h4-12,14-22,24,27-28H,2-3,13,23,25-26,29H2,1H3/q+2/b39-37+,40-38+. The molecule has 0 saturated heterocycles. The maximum atomic E-state index is 4.87. The summed E-state index contributed by atoms with van der Waals surface area (Å²) in [5.41, 5.74) is 6.17. The number of aromatic nitrogens is 4. The minimum Gasteiger partial charge on any atom is -0.315 e. The normalized spacial score (nSPS) is 12.5. The molecule has 4 heterocycles. The van der Waals surface area contributed by atoms with Gasteiger partial charge in [0.2, 0.25) is 15.3 Å². The fraction of sp³-hybridized carbons (Fsp3) is 0.211. The Kier molecular flexibility index (Phi) is 9.26. The van der Waals surface area contributed by atoms with Gasteiger partial charge in [0.15, 0.2) is 25.1 Å². The van der Waals surface area contributed by atoms with Gasteiger partial charge >= 0.3 is 0 Å². The third kappa shape index (κ3) is 6.64. The zero-order valence-electron chi connectivity index (χ0n) is 26.1. The third-order valence-corrected chi connectivity index (χ3v) is 10.4. The number of fused-ring (bicyclic) bond motifs is 2. The molecule has 4 aromatic heterocycles. The largest absolute Gasteiger partial charge is 0.315 e. The van der Waals surface area contributed by atoms with Crippen molar-refractivity contribution < 1.29 is 9.13 Å². The predicted molar refractivity (Wildman–Crippen MR) is 188 cm³/mol. The van der Waals surface area contributed by atoms with E-state index in [-0.39, 0.29) is 0 Å². The highest BCUT2D eigenvalue weighted by Crippen LogP contribution is 2.19. The summed E-state index contributed by atoms with van der Waals surface area (Å²) >= 11 is 3.43. The van der Waals surface area contributed by atoms with E-state index in [1.165, 1.54) is 37.3 Å². The minimum atomic E-state index is 0.846. The molecule has 230 valence electrons. The number of para-hydroxylation sites is 2. The van der Waals surface area contributed by atoms with Crippen LogP contribution in [0.3, 0.4) is 0 Å². The van der Waals surface area contributed by atoms with Gasteiger partial charge in [-0.05, 0) is 36.8 Å². The van der Waals surface area contributed by atoms with Crippen molar-refractivity contribution in [1.29, 1.82) is 0 Å². The van der Waals surface area contributed by atoms with Crippen LogP contribution in [0.1, 0.15) is 31.7 Å². The van der Waals surface area contributed by atoms with E-state index in [9.17, 15) is 0 Å². The Morgan fingerprint density at radius 1 is 0.609 bits per heavy atom. The van der Waals surface area contributed by atoms with Crippen LogP contribution in [0.15, 0.2) is 138 Å². The molecule has 8 heteroatoms. The van der Waals surface area contributed by atoms with E-state index in [1.807, 2.05) is 0 Å². The fourth-order valence-electron chi connectivity index (χ4n) is 5.87. The van der Waals surface area contributed by atoms with Gasteiger partial charge in [0, 0.05) is 49.3 Å².